The quantitative estimate of drug-likeness (QED) is 0.791. The summed E-state index contributed by atoms with van der Waals surface area (Å²) >= 11 is 0. The second-order valence-electron chi connectivity index (χ2n) is 7.33. The van der Waals surface area contributed by atoms with E-state index in [0.717, 1.165) is 11.0 Å². The average molecular weight is 342 g/mol. The van der Waals surface area contributed by atoms with Gasteiger partial charge in [0.1, 0.15) is 0 Å². The molecular weight excluding hydrogens is 320 g/mol. The van der Waals surface area contributed by atoms with Crippen LogP contribution in [0.3, 0.4) is 0 Å². The van der Waals surface area contributed by atoms with Crippen LogP contribution in [0, 0.1) is 5.41 Å². The van der Waals surface area contributed by atoms with Gasteiger partial charge in [-0.1, -0.05) is 26.8 Å². The number of nitrogens with zero attached hydrogens (tertiary/aromatic N) is 3. The SMILES string of the molecule is COc1ncc(-c2ccc3c(c2)n(C)c(=O)n3CC(C)(C)C)c(=O)[nH]1. The lowest BCUT2D eigenvalue weighted by atomic mass is 9.97. The van der Waals surface area contributed by atoms with Gasteiger partial charge >= 0.3 is 5.69 Å². The van der Waals surface area contributed by atoms with E-state index in [4.69, 9.17) is 4.74 Å². The summed E-state index contributed by atoms with van der Waals surface area (Å²) in [5, 5.41) is 0. The van der Waals surface area contributed by atoms with Crippen molar-refractivity contribution in [2.45, 2.75) is 27.3 Å². The predicted molar refractivity (Wildman–Crippen MR) is 97.0 cm³/mol. The molecule has 7 nitrogen and oxygen atoms in total. The van der Waals surface area contributed by atoms with Gasteiger partial charge in [0.2, 0.25) is 0 Å². The van der Waals surface area contributed by atoms with Gasteiger partial charge in [-0.05, 0) is 23.1 Å². The minimum Gasteiger partial charge on any atom is -0.468 e. The molecule has 0 saturated carbocycles. The molecule has 0 amide bonds. The third-order valence-electron chi connectivity index (χ3n) is 4.06. The monoisotopic (exact) mass is 342 g/mol. The number of ether oxygens (including phenoxy) is 1. The average Bonchev–Trinajstić information content (AvgIpc) is 2.78. The molecule has 2 heterocycles. The molecular formula is C18H22N4O3. The zero-order valence-corrected chi connectivity index (χ0v) is 15.1. The van der Waals surface area contributed by atoms with Crippen LogP contribution in [0.2, 0.25) is 0 Å². The zero-order valence-electron chi connectivity index (χ0n) is 15.1. The van der Waals surface area contributed by atoms with Crippen molar-refractivity contribution in [3.8, 4) is 17.1 Å². The van der Waals surface area contributed by atoms with Crippen LogP contribution in [-0.4, -0.2) is 26.2 Å². The second-order valence-corrected chi connectivity index (χ2v) is 7.33. The van der Waals surface area contributed by atoms with E-state index in [1.807, 2.05) is 18.2 Å². The van der Waals surface area contributed by atoms with Crippen molar-refractivity contribution in [1.82, 2.24) is 19.1 Å². The summed E-state index contributed by atoms with van der Waals surface area (Å²) in [7, 11) is 3.18. The Labute approximate surface area is 144 Å². The maximum Gasteiger partial charge on any atom is 0.328 e. The van der Waals surface area contributed by atoms with Crippen molar-refractivity contribution >= 4 is 11.0 Å². The van der Waals surface area contributed by atoms with Gasteiger partial charge in [0.15, 0.2) is 0 Å². The first kappa shape index (κ1) is 17.0. The van der Waals surface area contributed by atoms with Crippen LogP contribution in [0.1, 0.15) is 20.8 Å². The molecule has 3 aromatic rings. The number of H-pyrrole nitrogens is 1. The van der Waals surface area contributed by atoms with Crippen molar-refractivity contribution in [3.05, 3.63) is 45.2 Å². The highest BCUT2D eigenvalue weighted by molar-refractivity contribution is 5.82. The van der Waals surface area contributed by atoms with Crippen molar-refractivity contribution in [1.29, 1.82) is 0 Å². The van der Waals surface area contributed by atoms with E-state index >= 15 is 0 Å². The van der Waals surface area contributed by atoms with Crippen LogP contribution in [0.5, 0.6) is 6.01 Å². The normalized spacial score (nSPS) is 11.9. The molecule has 0 atom stereocenters. The molecule has 0 aliphatic rings. The fourth-order valence-electron chi connectivity index (χ4n) is 2.89. The van der Waals surface area contributed by atoms with Gasteiger partial charge in [0, 0.05) is 19.8 Å². The minimum atomic E-state index is -0.287. The van der Waals surface area contributed by atoms with E-state index in [-0.39, 0.29) is 22.7 Å². The molecule has 0 radical (unpaired) electrons. The van der Waals surface area contributed by atoms with Crippen LogP contribution < -0.4 is 16.0 Å². The van der Waals surface area contributed by atoms with Gasteiger partial charge in [-0.2, -0.15) is 0 Å². The highest BCUT2D eigenvalue weighted by Crippen LogP contribution is 2.24. The Morgan fingerprint density at radius 2 is 1.92 bits per heavy atom. The standard InChI is InChI=1S/C18H22N4O3/c1-18(2,3)10-22-13-7-6-11(8-14(13)21(4)17(22)24)12-9-19-16(25-5)20-15(12)23/h6-9H,10H2,1-5H3,(H,19,20,23). The lowest BCUT2D eigenvalue weighted by Gasteiger charge is -2.18. The van der Waals surface area contributed by atoms with Gasteiger partial charge < -0.3 is 4.74 Å². The molecule has 2 aromatic heterocycles. The lowest BCUT2D eigenvalue weighted by Crippen LogP contribution is -2.27. The molecule has 0 unspecified atom stereocenters. The van der Waals surface area contributed by atoms with Crippen LogP contribution in [0.15, 0.2) is 34.0 Å². The molecule has 25 heavy (non-hydrogen) atoms. The molecule has 0 bridgehead atoms. The fourth-order valence-corrected chi connectivity index (χ4v) is 2.89. The summed E-state index contributed by atoms with van der Waals surface area (Å²) < 4.78 is 8.31. The summed E-state index contributed by atoms with van der Waals surface area (Å²) in [5.41, 5.74) is 2.39. The number of nitrogens with one attached hydrogen (secondary N) is 1. The number of hydrogen-bond donors (Lipinski definition) is 1. The smallest absolute Gasteiger partial charge is 0.328 e. The van der Waals surface area contributed by atoms with Crippen LogP contribution in [-0.2, 0) is 13.6 Å². The van der Waals surface area contributed by atoms with Crippen molar-refractivity contribution < 1.29 is 4.74 Å². The number of benzene rings is 1. The Morgan fingerprint density at radius 3 is 2.52 bits per heavy atom. The number of aromatic amines is 1. The van der Waals surface area contributed by atoms with Crippen LogP contribution in [0.4, 0.5) is 0 Å². The Hall–Kier alpha value is -2.83. The summed E-state index contributed by atoms with van der Waals surface area (Å²) in [4.78, 5) is 31.5. The molecule has 0 aliphatic carbocycles. The number of methoxy groups -OCH3 is 1. The highest BCUT2D eigenvalue weighted by atomic mass is 16.5. The Bertz CT molecular complexity index is 1050. The first-order valence-electron chi connectivity index (χ1n) is 8.04. The molecule has 3 rings (SSSR count). The second kappa shape index (κ2) is 5.91. The molecule has 0 spiro atoms. The minimum absolute atomic E-state index is 0.0200. The molecule has 0 fully saturated rings. The third kappa shape index (κ3) is 3.09. The number of aryl methyl sites for hydroxylation is 1. The van der Waals surface area contributed by atoms with Gasteiger partial charge in [0.25, 0.3) is 11.6 Å². The fraction of sp³-hybridized carbons (Fsp3) is 0.389. The summed E-state index contributed by atoms with van der Waals surface area (Å²) in [6, 6.07) is 5.72. The maximum absolute atomic E-state index is 12.6. The highest BCUT2D eigenvalue weighted by Gasteiger charge is 2.18. The predicted octanol–water partition coefficient (Wildman–Crippen LogP) is 2.14. The molecule has 0 aliphatic heterocycles. The number of fused-ring (bicyclic) bond motifs is 1. The first-order valence-corrected chi connectivity index (χ1v) is 8.04. The van der Waals surface area contributed by atoms with E-state index in [1.165, 1.54) is 13.3 Å². The van der Waals surface area contributed by atoms with Crippen molar-refractivity contribution in [2.24, 2.45) is 12.5 Å². The van der Waals surface area contributed by atoms with E-state index in [9.17, 15) is 9.59 Å². The van der Waals surface area contributed by atoms with Crippen molar-refractivity contribution in [2.75, 3.05) is 7.11 Å². The van der Waals surface area contributed by atoms with Gasteiger partial charge in [-0.15, -0.1) is 0 Å². The van der Waals surface area contributed by atoms with E-state index < -0.39 is 0 Å². The van der Waals surface area contributed by atoms with E-state index in [0.29, 0.717) is 17.7 Å². The molecule has 1 aromatic carbocycles. The van der Waals surface area contributed by atoms with Crippen molar-refractivity contribution in [3.63, 3.8) is 0 Å². The van der Waals surface area contributed by atoms with Gasteiger partial charge in [0.05, 0.1) is 23.7 Å². The number of rotatable bonds is 3. The summed E-state index contributed by atoms with van der Waals surface area (Å²) in [6.45, 7) is 6.90. The Kier molecular flexibility index (Phi) is 4.02. The molecule has 7 heteroatoms. The summed E-state index contributed by atoms with van der Waals surface area (Å²) in [6.07, 6.45) is 1.48. The van der Waals surface area contributed by atoms with E-state index in [2.05, 4.69) is 30.7 Å². The topological polar surface area (TPSA) is 81.9 Å². The largest absolute Gasteiger partial charge is 0.468 e. The molecule has 0 saturated heterocycles. The first-order chi connectivity index (χ1) is 11.7. The van der Waals surface area contributed by atoms with Crippen LogP contribution in [0.25, 0.3) is 22.2 Å². The molecule has 1 N–H and O–H groups in total. The number of aromatic nitrogens is 4. The van der Waals surface area contributed by atoms with Gasteiger partial charge in [-0.3, -0.25) is 18.9 Å². The van der Waals surface area contributed by atoms with E-state index in [1.54, 1.807) is 16.2 Å². The zero-order chi connectivity index (χ0) is 18.4. The number of imidazole rings is 1. The third-order valence-corrected chi connectivity index (χ3v) is 4.06. The Morgan fingerprint density at radius 1 is 1.20 bits per heavy atom. The maximum atomic E-state index is 12.6. The van der Waals surface area contributed by atoms with Gasteiger partial charge in [-0.25, -0.2) is 9.78 Å². The van der Waals surface area contributed by atoms with Crippen LogP contribution >= 0.6 is 0 Å². The Balaban J connectivity index is 2.18. The summed E-state index contributed by atoms with van der Waals surface area (Å²) in [5.74, 6) is 0. The molecule has 132 valence electrons. The lowest BCUT2D eigenvalue weighted by molar-refractivity contribution is 0.342. The number of hydrogen-bond acceptors (Lipinski definition) is 4.